The minimum Gasteiger partial charge on any atom is -0.469 e. The number of rotatable bonds is 4. The predicted molar refractivity (Wildman–Crippen MR) is 89.9 cm³/mol. The Hall–Kier alpha value is -3.21. The first kappa shape index (κ1) is 16.6. The number of methoxy groups -OCH3 is 1. The van der Waals surface area contributed by atoms with Crippen molar-refractivity contribution < 1.29 is 14.5 Å². The highest BCUT2D eigenvalue weighted by Crippen LogP contribution is 2.30. The predicted octanol–water partition coefficient (Wildman–Crippen LogP) is 2.77. The Morgan fingerprint density at radius 3 is 2.92 bits per heavy atom. The van der Waals surface area contributed by atoms with Gasteiger partial charge in [-0.2, -0.15) is 5.26 Å². The third-order valence-electron chi connectivity index (χ3n) is 4.44. The zero-order valence-corrected chi connectivity index (χ0v) is 13.6. The van der Waals surface area contributed by atoms with E-state index in [0.717, 1.165) is 12.8 Å². The number of benzene rings is 1. The summed E-state index contributed by atoms with van der Waals surface area (Å²) in [6.45, 7) is 0. The summed E-state index contributed by atoms with van der Waals surface area (Å²) in [5.41, 5.74) is 0.747. The molecule has 8 heteroatoms. The van der Waals surface area contributed by atoms with Crippen LogP contribution in [0.1, 0.15) is 24.8 Å². The van der Waals surface area contributed by atoms with E-state index in [1.54, 1.807) is 6.07 Å². The molecular weight excluding hydrogens is 324 g/mol. The summed E-state index contributed by atoms with van der Waals surface area (Å²) in [6.07, 6.45) is 2.20. The van der Waals surface area contributed by atoms with E-state index in [-0.39, 0.29) is 23.6 Å². The molecule has 1 aromatic carbocycles. The highest BCUT2D eigenvalue weighted by atomic mass is 16.6. The van der Waals surface area contributed by atoms with Gasteiger partial charge >= 0.3 is 5.97 Å². The van der Waals surface area contributed by atoms with E-state index in [1.165, 1.54) is 25.3 Å². The van der Waals surface area contributed by atoms with Crippen molar-refractivity contribution in [2.24, 2.45) is 5.92 Å². The van der Waals surface area contributed by atoms with Gasteiger partial charge in [0.2, 0.25) is 0 Å². The van der Waals surface area contributed by atoms with Crippen LogP contribution in [0.5, 0.6) is 0 Å². The van der Waals surface area contributed by atoms with Gasteiger partial charge in [0, 0.05) is 23.6 Å². The molecule has 1 N–H and O–H groups in total. The smallest absolute Gasteiger partial charge is 0.308 e. The molecule has 25 heavy (non-hydrogen) atoms. The maximum atomic E-state index is 11.6. The summed E-state index contributed by atoms with van der Waals surface area (Å²) in [5, 5.41) is 24.0. The van der Waals surface area contributed by atoms with Crippen LogP contribution in [0.2, 0.25) is 0 Å². The fourth-order valence-corrected chi connectivity index (χ4v) is 3.20. The molecule has 128 valence electrons. The van der Waals surface area contributed by atoms with Crippen LogP contribution in [0.4, 0.5) is 11.5 Å². The molecule has 2 atom stereocenters. The maximum Gasteiger partial charge on any atom is 0.308 e. The lowest BCUT2D eigenvalue weighted by Gasteiger charge is -2.14. The number of non-ortho nitro benzene ring substituents is 1. The molecule has 1 aliphatic rings. The number of carbonyl (C=O) groups is 1. The molecule has 0 saturated heterocycles. The van der Waals surface area contributed by atoms with E-state index in [0.29, 0.717) is 28.7 Å². The molecule has 1 aliphatic carbocycles. The summed E-state index contributed by atoms with van der Waals surface area (Å²) in [6, 6.07) is 7.96. The highest BCUT2D eigenvalue weighted by molar-refractivity contribution is 5.88. The van der Waals surface area contributed by atoms with Gasteiger partial charge in [-0.05, 0) is 31.4 Å². The second-order valence-corrected chi connectivity index (χ2v) is 6.00. The van der Waals surface area contributed by atoms with Crippen LogP contribution >= 0.6 is 0 Å². The number of nitrogens with zero attached hydrogens (tertiary/aromatic N) is 3. The standard InChI is InChI=1S/C17H16N4O4/c1-25-17(22)10-2-3-12(6-10)19-16-7-11(9-18)14-8-13(21(23)24)4-5-15(14)20-16/h4-5,7-8,10,12H,2-3,6H2,1H3,(H,19,20)/t10-,12+/m0/s1. The maximum absolute atomic E-state index is 11.6. The molecule has 0 radical (unpaired) electrons. The number of esters is 1. The van der Waals surface area contributed by atoms with Crippen molar-refractivity contribution >= 4 is 28.4 Å². The lowest BCUT2D eigenvalue weighted by atomic mass is 10.1. The largest absolute Gasteiger partial charge is 0.469 e. The number of nitro benzene ring substituents is 1. The summed E-state index contributed by atoms with van der Waals surface area (Å²) >= 11 is 0. The number of nitrogens with one attached hydrogen (secondary N) is 1. The van der Waals surface area contributed by atoms with Gasteiger partial charge in [0.25, 0.3) is 5.69 Å². The second kappa shape index (κ2) is 6.73. The number of hydrogen-bond acceptors (Lipinski definition) is 7. The number of fused-ring (bicyclic) bond motifs is 1. The Kier molecular flexibility index (Phi) is 4.48. The van der Waals surface area contributed by atoms with Crippen molar-refractivity contribution in [2.75, 3.05) is 12.4 Å². The zero-order valence-electron chi connectivity index (χ0n) is 13.6. The summed E-state index contributed by atoms with van der Waals surface area (Å²) in [4.78, 5) is 26.4. The van der Waals surface area contributed by atoms with Crippen molar-refractivity contribution in [3.8, 4) is 6.07 Å². The van der Waals surface area contributed by atoms with Crippen LogP contribution in [0.3, 0.4) is 0 Å². The first-order valence-corrected chi connectivity index (χ1v) is 7.85. The van der Waals surface area contributed by atoms with Gasteiger partial charge in [-0.3, -0.25) is 14.9 Å². The molecule has 3 rings (SSSR count). The van der Waals surface area contributed by atoms with Crippen molar-refractivity contribution in [3.05, 3.63) is 39.9 Å². The monoisotopic (exact) mass is 340 g/mol. The molecular formula is C17H16N4O4. The van der Waals surface area contributed by atoms with E-state index in [4.69, 9.17) is 4.74 Å². The number of carbonyl (C=O) groups excluding carboxylic acids is 1. The number of hydrogen-bond donors (Lipinski definition) is 1. The number of aromatic nitrogens is 1. The van der Waals surface area contributed by atoms with Crippen molar-refractivity contribution in [1.82, 2.24) is 4.98 Å². The van der Waals surface area contributed by atoms with E-state index < -0.39 is 4.92 Å². The van der Waals surface area contributed by atoms with Crippen LogP contribution in [0.25, 0.3) is 10.9 Å². The fraction of sp³-hybridized carbons (Fsp3) is 0.353. The Bertz CT molecular complexity index is 890. The van der Waals surface area contributed by atoms with Gasteiger partial charge in [-0.15, -0.1) is 0 Å². The summed E-state index contributed by atoms with van der Waals surface area (Å²) in [7, 11) is 1.38. The van der Waals surface area contributed by atoms with Gasteiger partial charge in [0.1, 0.15) is 5.82 Å². The molecule has 0 unspecified atom stereocenters. The van der Waals surface area contributed by atoms with Gasteiger partial charge in [0.15, 0.2) is 0 Å². The minimum atomic E-state index is -0.502. The van der Waals surface area contributed by atoms with Gasteiger partial charge < -0.3 is 10.1 Å². The van der Waals surface area contributed by atoms with Crippen LogP contribution in [0.15, 0.2) is 24.3 Å². The Balaban J connectivity index is 1.86. The van der Waals surface area contributed by atoms with Crippen LogP contribution < -0.4 is 5.32 Å². The molecule has 0 bridgehead atoms. The molecule has 0 aliphatic heterocycles. The first-order valence-electron chi connectivity index (χ1n) is 7.85. The number of nitro groups is 1. The van der Waals surface area contributed by atoms with Crippen LogP contribution in [0, 0.1) is 27.4 Å². The zero-order chi connectivity index (χ0) is 18.0. The first-order chi connectivity index (χ1) is 12.0. The van der Waals surface area contributed by atoms with Gasteiger partial charge in [-0.25, -0.2) is 4.98 Å². The van der Waals surface area contributed by atoms with Gasteiger partial charge in [0.05, 0.1) is 35.1 Å². The second-order valence-electron chi connectivity index (χ2n) is 6.00. The molecule has 2 aromatic rings. The molecule has 1 aromatic heterocycles. The number of nitriles is 1. The highest BCUT2D eigenvalue weighted by Gasteiger charge is 2.30. The fourth-order valence-electron chi connectivity index (χ4n) is 3.20. The lowest BCUT2D eigenvalue weighted by Crippen LogP contribution is -2.19. The Labute approximate surface area is 143 Å². The quantitative estimate of drug-likeness (QED) is 0.516. The lowest BCUT2D eigenvalue weighted by molar-refractivity contribution is -0.384. The average molecular weight is 340 g/mol. The van der Waals surface area contributed by atoms with E-state index in [1.807, 2.05) is 0 Å². The number of anilines is 1. The third-order valence-corrected chi connectivity index (χ3v) is 4.44. The van der Waals surface area contributed by atoms with Crippen molar-refractivity contribution in [2.45, 2.75) is 25.3 Å². The van der Waals surface area contributed by atoms with Gasteiger partial charge in [-0.1, -0.05) is 0 Å². The third kappa shape index (κ3) is 3.35. The van der Waals surface area contributed by atoms with Crippen molar-refractivity contribution in [1.29, 1.82) is 5.26 Å². The SMILES string of the molecule is COC(=O)[C@H]1CC[C@@H](Nc2cc(C#N)c3cc([N+](=O)[O-])ccc3n2)C1. The Morgan fingerprint density at radius 2 is 2.24 bits per heavy atom. The Morgan fingerprint density at radius 1 is 1.44 bits per heavy atom. The number of ether oxygens (including phenoxy) is 1. The van der Waals surface area contributed by atoms with E-state index >= 15 is 0 Å². The number of pyridine rings is 1. The van der Waals surface area contributed by atoms with E-state index in [2.05, 4.69) is 16.4 Å². The van der Waals surface area contributed by atoms with E-state index in [9.17, 15) is 20.2 Å². The molecule has 0 amide bonds. The average Bonchev–Trinajstić information content (AvgIpc) is 3.08. The summed E-state index contributed by atoms with van der Waals surface area (Å²) < 4.78 is 4.78. The molecule has 1 saturated carbocycles. The minimum absolute atomic E-state index is 0.0682. The van der Waals surface area contributed by atoms with Crippen molar-refractivity contribution in [3.63, 3.8) is 0 Å². The summed E-state index contributed by atoms with van der Waals surface area (Å²) in [5.74, 6) is 0.190. The molecule has 8 nitrogen and oxygen atoms in total. The molecule has 1 fully saturated rings. The van der Waals surface area contributed by atoms with Crippen LogP contribution in [-0.4, -0.2) is 29.0 Å². The molecule has 0 spiro atoms. The normalized spacial score (nSPS) is 19.4. The topological polar surface area (TPSA) is 118 Å². The van der Waals surface area contributed by atoms with Crippen LogP contribution in [-0.2, 0) is 9.53 Å². The molecule has 1 heterocycles.